The number of nitrogens with zero attached hydrogens (tertiary/aromatic N) is 5. The molecule has 1 aliphatic rings. The third kappa shape index (κ3) is 4.10. The van der Waals surface area contributed by atoms with Gasteiger partial charge in [0, 0.05) is 28.9 Å². The van der Waals surface area contributed by atoms with Crippen LogP contribution in [-0.4, -0.2) is 37.9 Å². The van der Waals surface area contributed by atoms with Gasteiger partial charge in [-0.05, 0) is 40.9 Å². The number of halogens is 2. The number of hydrogen-bond acceptors (Lipinski definition) is 8. The zero-order chi connectivity index (χ0) is 21.5. The van der Waals surface area contributed by atoms with E-state index in [1.165, 1.54) is 11.3 Å². The topological polar surface area (TPSA) is 103 Å². The Morgan fingerprint density at radius 2 is 2.00 bits per heavy atom. The molecule has 4 aromatic rings. The van der Waals surface area contributed by atoms with E-state index in [1.807, 2.05) is 6.07 Å². The number of aromatic nitrogens is 5. The minimum atomic E-state index is -0.349. The minimum Gasteiger partial charge on any atom is -0.494 e. The number of thiazole rings is 1. The minimum absolute atomic E-state index is 0.306. The lowest BCUT2D eigenvalue weighted by atomic mass is 9.99. The third-order valence-electron chi connectivity index (χ3n) is 4.82. The Kier molecular flexibility index (Phi) is 5.28. The molecule has 0 atom stereocenters. The number of carbonyl (C=O) groups excluding carboxylic acids is 1. The predicted octanol–water partition coefficient (Wildman–Crippen LogP) is 5.10. The number of methoxy groups -OCH3 is 1. The Morgan fingerprint density at radius 3 is 2.77 bits per heavy atom. The van der Waals surface area contributed by atoms with Gasteiger partial charge in [-0.3, -0.25) is 15.1 Å². The Hall–Kier alpha value is -2.69. The van der Waals surface area contributed by atoms with Crippen LogP contribution in [0.5, 0.6) is 5.75 Å². The van der Waals surface area contributed by atoms with Crippen molar-refractivity contribution in [2.24, 2.45) is 0 Å². The molecule has 8 nitrogen and oxygen atoms in total. The number of amides is 1. The third-order valence-corrected chi connectivity index (χ3v) is 6.27. The van der Waals surface area contributed by atoms with Gasteiger partial charge >= 0.3 is 0 Å². The van der Waals surface area contributed by atoms with E-state index in [0.29, 0.717) is 53.7 Å². The molecule has 0 spiro atoms. The van der Waals surface area contributed by atoms with E-state index < -0.39 is 0 Å². The first kappa shape index (κ1) is 20.2. The summed E-state index contributed by atoms with van der Waals surface area (Å²) in [7, 11) is 1.55. The molecule has 1 amide bonds. The molecule has 1 N–H and O–H groups in total. The average molecular weight is 518 g/mol. The summed E-state index contributed by atoms with van der Waals surface area (Å²) in [5, 5.41) is 3.54. The molecular weight excluding hydrogens is 504 g/mol. The smallest absolute Gasteiger partial charge is 0.259 e. The highest BCUT2D eigenvalue weighted by molar-refractivity contribution is 9.10. The van der Waals surface area contributed by atoms with Crippen LogP contribution in [0.3, 0.4) is 0 Å². The van der Waals surface area contributed by atoms with E-state index in [1.54, 1.807) is 31.8 Å². The first-order valence-corrected chi connectivity index (χ1v) is 11.3. The van der Waals surface area contributed by atoms with Crippen LogP contribution in [-0.2, 0) is 0 Å². The van der Waals surface area contributed by atoms with Crippen LogP contribution in [0.2, 0.25) is 5.15 Å². The van der Waals surface area contributed by atoms with Crippen LogP contribution in [0.15, 0.2) is 35.3 Å². The van der Waals surface area contributed by atoms with Crippen molar-refractivity contribution in [3.63, 3.8) is 0 Å². The van der Waals surface area contributed by atoms with Crippen molar-refractivity contribution in [1.29, 1.82) is 0 Å². The van der Waals surface area contributed by atoms with Crippen molar-refractivity contribution in [2.75, 3.05) is 12.4 Å². The number of hydrogen-bond donors (Lipinski definition) is 1. The number of pyridine rings is 2. The molecule has 0 radical (unpaired) electrons. The van der Waals surface area contributed by atoms with Crippen LogP contribution in [0, 0.1) is 0 Å². The molecule has 1 fully saturated rings. The highest BCUT2D eigenvalue weighted by atomic mass is 79.9. The molecule has 11 heteroatoms. The Balaban J connectivity index is 1.56. The van der Waals surface area contributed by atoms with Gasteiger partial charge in [0.15, 0.2) is 15.6 Å². The van der Waals surface area contributed by atoms with E-state index in [2.05, 4.69) is 46.2 Å². The highest BCUT2D eigenvalue weighted by Crippen LogP contribution is 2.42. The van der Waals surface area contributed by atoms with Gasteiger partial charge in [-0.2, -0.15) is 4.98 Å². The maximum absolute atomic E-state index is 13.2. The van der Waals surface area contributed by atoms with Crippen LogP contribution in [0.4, 0.5) is 5.13 Å². The number of anilines is 1. The molecule has 5 rings (SSSR count). The molecule has 0 aromatic carbocycles. The van der Waals surface area contributed by atoms with Crippen LogP contribution in [0.1, 0.15) is 34.8 Å². The Labute approximate surface area is 194 Å². The number of ether oxygens (including phenoxy) is 1. The summed E-state index contributed by atoms with van der Waals surface area (Å²) in [6.07, 6.45) is 6.87. The normalized spacial score (nSPS) is 13.4. The number of nitrogens with one attached hydrogen (secondary N) is 1. The quantitative estimate of drug-likeness (QED) is 0.367. The van der Waals surface area contributed by atoms with E-state index in [0.717, 1.165) is 18.5 Å². The summed E-state index contributed by atoms with van der Waals surface area (Å²) in [4.78, 5) is 35.3. The van der Waals surface area contributed by atoms with Gasteiger partial charge in [-0.1, -0.05) is 22.9 Å². The zero-order valence-corrected chi connectivity index (χ0v) is 19.3. The number of carbonyl (C=O) groups is 1. The molecule has 1 saturated carbocycles. The van der Waals surface area contributed by atoms with E-state index >= 15 is 0 Å². The summed E-state index contributed by atoms with van der Waals surface area (Å²) in [6, 6.07) is 3.62. The number of rotatable bonds is 5. The molecule has 31 heavy (non-hydrogen) atoms. The first-order chi connectivity index (χ1) is 15.0. The van der Waals surface area contributed by atoms with Crippen LogP contribution >= 0.6 is 38.9 Å². The summed E-state index contributed by atoms with van der Waals surface area (Å²) in [5.74, 6) is 0.585. The van der Waals surface area contributed by atoms with Crippen LogP contribution < -0.4 is 10.1 Å². The number of fused-ring (bicyclic) bond motifs is 1. The Bertz CT molecular complexity index is 1330. The van der Waals surface area contributed by atoms with Gasteiger partial charge in [-0.25, -0.2) is 15.0 Å². The average Bonchev–Trinajstić information content (AvgIpc) is 3.54. The lowest BCUT2D eigenvalue weighted by Crippen LogP contribution is -2.14. The molecule has 1 aliphatic carbocycles. The first-order valence-electron chi connectivity index (χ1n) is 9.32. The van der Waals surface area contributed by atoms with Crippen molar-refractivity contribution < 1.29 is 9.53 Å². The highest BCUT2D eigenvalue weighted by Gasteiger charge is 2.27. The molecule has 156 valence electrons. The molecule has 0 bridgehead atoms. The molecular formula is C20H14BrClN6O2S. The van der Waals surface area contributed by atoms with E-state index in [9.17, 15) is 4.79 Å². The molecule has 4 aromatic heterocycles. The van der Waals surface area contributed by atoms with Gasteiger partial charge in [0.05, 0.1) is 25.1 Å². The summed E-state index contributed by atoms with van der Waals surface area (Å²) in [6.45, 7) is 0. The largest absolute Gasteiger partial charge is 0.494 e. The molecule has 4 heterocycles. The molecule has 0 unspecified atom stereocenters. The van der Waals surface area contributed by atoms with Crippen molar-refractivity contribution in [3.05, 3.63) is 51.7 Å². The van der Waals surface area contributed by atoms with Crippen molar-refractivity contribution in [2.45, 2.75) is 18.8 Å². The second kappa shape index (κ2) is 8.10. The van der Waals surface area contributed by atoms with Crippen molar-refractivity contribution in [3.8, 4) is 16.9 Å². The fraction of sp³-hybridized carbons (Fsp3) is 0.200. The van der Waals surface area contributed by atoms with Crippen molar-refractivity contribution >= 4 is 60.4 Å². The predicted molar refractivity (Wildman–Crippen MR) is 122 cm³/mol. The maximum Gasteiger partial charge on any atom is 0.259 e. The zero-order valence-electron chi connectivity index (χ0n) is 16.1. The standard InChI is InChI=1S/C20H14BrClN6O2S/c1-30-14-7-24-16(22)5-11(14)10-4-13(9-2-3-9)23-6-12(10)18(29)28-20-27-17-19(31-20)26-15(21)8-25-17/h4-9H,2-3H2,1H3,(H,25,27,28,29). The second-order valence-corrected chi connectivity index (χ2v) is 9.11. The van der Waals surface area contributed by atoms with Gasteiger partial charge in [0.1, 0.15) is 15.5 Å². The fourth-order valence-corrected chi connectivity index (χ4v) is 4.53. The summed E-state index contributed by atoms with van der Waals surface area (Å²) < 4.78 is 6.07. The monoisotopic (exact) mass is 516 g/mol. The second-order valence-electron chi connectivity index (χ2n) is 6.93. The van der Waals surface area contributed by atoms with Gasteiger partial charge in [0.25, 0.3) is 5.91 Å². The summed E-state index contributed by atoms with van der Waals surface area (Å²) in [5.41, 5.74) is 3.14. The fourth-order valence-electron chi connectivity index (χ4n) is 3.19. The lowest BCUT2D eigenvalue weighted by molar-refractivity contribution is 0.102. The molecule has 0 aliphatic heterocycles. The molecule has 0 saturated heterocycles. The van der Waals surface area contributed by atoms with Crippen LogP contribution in [0.25, 0.3) is 21.6 Å². The van der Waals surface area contributed by atoms with Gasteiger partial charge < -0.3 is 4.74 Å². The van der Waals surface area contributed by atoms with Crippen molar-refractivity contribution in [1.82, 2.24) is 24.9 Å². The van der Waals surface area contributed by atoms with E-state index in [-0.39, 0.29) is 5.91 Å². The summed E-state index contributed by atoms with van der Waals surface area (Å²) >= 11 is 10.7. The van der Waals surface area contributed by atoms with Gasteiger partial charge in [0.2, 0.25) is 0 Å². The lowest BCUT2D eigenvalue weighted by Gasteiger charge is -2.14. The Morgan fingerprint density at radius 1 is 1.16 bits per heavy atom. The van der Waals surface area contributed by atoms with Gasteiger partial charge in [-0.15, -0.1) is 0 Å². The van der Waals surface area contributed by atoms with E-state index in [4.69, 9.17) is 16.3 Å². The SMILES string of the molecule is COc1cnc(Cl)cc1-c1cc(C2CC2)ncc1C(=O)Nc1nc2ncc(Br)nc2s1. The maximum atomic E-state index is 13.2.